The smallest absolute Gasteiger partial charge is 0.207 e. The van der Waals surface area contributed by atoms with Crippen LogP contribution in [-0.2, 0) is 16.3 Å². The van der Waals surface area contributed by atoms with E-state index in [2.05, 4.69) is 15.2 Å². The predicted octanol–water partition coefficient (Wildman–Crippen LogP) is 4.53. The molecule has 0 aliphatic rings. The lowest BCUT2D eigenvalue weighted by molar-refractivity contribution is 0.0982. The van der Waals surface area contributed by atoms with Crippen LogP contribution in [-0.4, -0.2) is 29.4 Å². The number of rotatable bonds is 6. The highest BCUT2D eigenvalue weighted by molar-refractivity contribution is 7.91. The molecule has 2 aromatic heterocycles. The van der Waals surface area contributed by atoms with Crippen LogP contribution in [0.4, 0.5) is 0 Å². The van der Waals surface area contributed by atoms with E-state index in [0.717, 1.165) is 27.6 Å². The van der Waals surface area contributed by atoms with Crippen LogP contribution in [0.15, 0.2) is 64.6 Å². The van der Waals surface area contributed by atoms with Crippen molar-refractivity contribution in [1.29, 1.82) is 0 Å². The molecule has 0 amide bonds. The van der Waals surface area contributed by atoms with E-state index in [9.17, 15) is 13.2 Å². The number of fused-ring (bicyclic) bond motifs is 1. The summed E-state index contributed by atoms with van der Waals surface area (Å²) in [5.74, 6) is -0.0156. The second-order valence-corrected chi connectivity index (χ2v) is 9.72. The van der Waals surface area contributed by atoms with Crippen LogP contribution in [0, 0.1) is 20.8 Å². The van der Waals surface area contributed by atoms with Gasteiger partial charge in [0, 0.05) is 23.6 Å². The lowest BCUT2D eigenvalue weighted by Crippen LogP contribution is -2.07. The molecule has 158 valence electrons. The first kappa shape index (κ1) is 20.9. The number of aromatic amines is 1. The molecule has 0 fully saturated rings. The van der Waals surface area contributed by atoms with E-state index in [1.165, 1.54) is 0 Å². The van der Waals surface area contributed by atoms with Crippen LogP contribution in [0.2, 0.25) is 0 Å². The van der Waals surface area contributed by atoms with Crippen LogP contribution in [0.3, 0.4) is 0 Å². The Morgan fingerprint density at radius 1 is 0.968 bits per heavy atom. The Kier molecular flexibility index (Phi) is 5.45. The zero-order chi connectivity index (χ0) is 22.2. The molecular weight excluding hydrogens is 410 g/mol. The number of hydrogen-bond donors (Lipinski definition) is 1. The minimum Gasteiger partial charge on any atom is -0.294 e. The fourth-order valence-electron chi connectivity index (χ4n) is 3.94. The molecule has 6 nitrogen and oxygen atoms in total. The van der Waals surface area contributed by atoms with Crippen LogP contribution >= 0.6 is 0 Å². The Balaban J connectivity index is 1.50. The molecule has 4 aromatic rings. The summed E-state index contributed by atoms with van der Waals surface area (Å²) in [6, 6.07) is 12.3. The molecule has 2 aromatic carbocycles. The SMILES string of the molecule is Cc1cc(C)c(S(=O)(=O)c2ccc(CCC(=O)c3cnc4[nH]ncc4c3)cc2)c(C)c1. The summed E-state index contributed by atoms with van der Waals surface area (Å²) in [4.78, 5) is 17.4. The number of nitrogens with zero attached hydrogens (tertiary/aromatic N) is 2. The molecule has 0 unspecified atom stereocenters. The Labute approximate surface area is 181 Å². The number of benzene rings is 2. The number of hydrogen-bond acceptors (Lipinski definition) is 5. The van der Waals surface area contributed by atoms with Crippen molar-refractivity contribution in [2.75, 3.05) is 0 Å². The van der Waals surface area contributed by atoms with Gasteiger partial charge in [0.1, 0.15) is 0 Å². The van der Waals surface area contributed by atoms with Crippen LogP contribution in [0.1, 0.15) is 39.0 Å². The predicted molar refractivity (Wildman–Crippen MR) is 119 cm³/mol. The Hall–Kier alpha value is -3.32. The number of Topliss-reactive ketones (excluding diaryl/α,β-unsaturated/α-hetero) is 1. The maximum Gasteiger partial charge on any atom is 0.207 e. The number of aromatic nitrogens is 3. The van der Waals surface area contributed by atoms with Crippen molar-refractivity contribution >= 4 is 26.7 Å². The van der Waals surface area contributed by atoms with Gasteiger partial charge in [-0.05, 0) is 62.1 Å². The summed E-state index contributed by atoms with van der Waals surface area (Å²) in [6.45, 7) is 5.60. The summed E-state index contributed by atoms with van der Waals surface area (Å²) in [6.07, 6.45) is 4.01. The minimum absolute atomic E-state index is 0.0156. The van der Waals surface area contributed by atoms with Gasteiger partial charge in [-0.1, -0.05) is 29.8 Å². The van der Waals surface area contributed by atoms with E-state index in [-0.39, 0.29) is 10.7 Å². The van der Waals surface area contributed by atoms with Crippen molar-refractivity contribution < 1.29 is 13.2 Å². The van der Waals surface area contributed by atoms with Crippen molar-refractivity contribution in [1.82, 2.24) is 15.2 Å². The lowest BCUT2D eigenvalue weighted by atomic mass is 10.0. The molecule has 0 radical (unpaired) electrons. The number of nitrogens with one attached hydrogen (secondary N) is 1. The molecule has 0 atom stereocenters. The number of ketones is 1. The van der Waals surface area contributed by atoms with Gasteiger partial charge in [0.2, 0.25) is 9.84 Å². The van der Waals surface area contributed by atoms with E-state index >= 15 is 0 Å². The number of pyridine rings is 1. The zero-order valence-corrected chi connectivity index (χ0v) is 18.5. The first-order chi connectivity index (χ1) is 14.8. The lowest BCUT2D eigenvalue weighted by Gasteiger charge is -2.13. The third-order valence-corrected chi connectivity index (χ3v) is 7.44. The second-order valence-electron chi connectivity index (χ2n) is 7.83. The van der Waals surface area contributed by atoms with Crippen molar-refractivity contribution in [2.45, 2.75) is 43.4 Å². The maximum absolute atomic E-state index is 13.2. The summed E-state index contributed by atoms with van der Waals surface area (Å²) in [5, 5.41) is 7.47. The number of carbonyl (C=O) groups is 1. The van der Waals surface area contributed by atoms with Crippen molar-refractivity contribution in [3.8, 4) is 0 Å². The first-order valence-electron chi connectivity index (χ1n) is 10.00. The van der Waals surface area contributed by atoms with Gasteiger partial charge in [-0.15, -0.1) is 0 Å². The highest BCUT2D eigenvalue weighted by Gasteiger charge is 2.22. The molecule has 0 aliphatic carbocycles. The van der Waals surface area contributed by atoms with Gasteiger partial charge in [-0.3, -0.25) is 9.89 Å². The summed E-state index contributed by atoms with van der Waals surface area (Å²) in [5.41, 5.74) is 4.62. The molecule has 31 heavy (non-hydrogen) atoms. The van der Waals surface area contributed by atoms with Gasteiger partial charge in [0.25, 0.3) is 0 Å². The average Bonchev–Trinajstić information content (AvgIpc) is 3.19. The Morgan fingerprint density at radius 2 is 1.65 bits per heavy atom. The molecule has 1 N–H and O–H groups in total. The third-order valence-electron chi connectivity index (χ3n) is 5.36. The fraction of sp³-hybridized carbons (Fsp3) is 0.208. The van der Waals surface area contributed by atoms with E-state index < -0.39 is 9.84 Å². The highest BCUT2D eigenvalue weighted by atomic mass is 32.2. The molecule has 2 heterocycles. The molecule has 0 spiro atoms. The average molecular weight is 434 g/mol. The quantitative estimate of drug-likeness (QED) is 0.451. The van der Waals surface area contributed by atoms with Gasteiger partial charge in [0.15, 0.2) is 11.4 Å². The number of carbonyl (C=O) groups excluding carboxylic acids is 1. The van der Waals surface area contributed by atoms with Gasteiger partial charge < -0.3 is 0 Å². The van der Waals surface area contributed by atoms with E-state index in [4.69, 9.17) is 0 Å². The third kappa shape index (κ3) is 4.14. The first-order valence-corrected chi connectivity index (χ1v) is 11.5. The normalized spacial score (nSPS) is 11.7. The van der Waals surface area contributed by atoms with Crippen LogP contribution in [0.5, 0.6) is 0 Å². The van der Waals surface area contributed by atoms with Crippen LogP contribution < -0.4 is 0 Å². The van der Waals surface area contributed by atoms with Crippen molar-refractivity contribution in [2.24, 2.45) is 0 Å². The monoisotopic (exact) mass is 433 g/mol. The summed E-state index contributed by atoms with van der Waals surface area (Å²) >= 11 is 0. The van der Waals surface area contributed by atoms with Gasteiger partial charge in [0.05, 0.1) is 16.0 Å². The number of sulfone groups is 1. The second kappa shape index (κ2) is 8.07. The van der Waals surface area contributed by atoms with Crippen LogP contribution in [0.25, 0.3) is 11.0 Å². The Morgan fingerprint density at radius 3 is 2.32 bits per heavy atom. The highest BCUT2D eigenvalue weighted by Crippen LogP contribution is 2.28. The molecular formula is C24H23N3O3S. The summed E-state index contributed by atoms with van der Waals surface area (Å²) < 4.78 is 26.3. The van der Waals surface area contributed by atoms with E-state index in [1.54, 1.807) is 42.7 Å². The molecule has 0 saturated carbocycles. The number of H-pyrrole nitrogens is 1. The topological polar surface area (TPSA) is 92.8 Å². The summed E-state index contributed by atoms with van der Waals surface area (Å²) in [7, 11) is -3.61. The molecule has 0 bridgehead atoms. The fourth-order valence-corrected chi connectivity index (χ4v) is 5.63. The number of aryl methyl sites for hydroxylation is 4. The van der Waals surface area contributed by atoms with Gasteiger partial charge in [-0.2, -0.15) is 5.10 Å². The van der Waals surface area contributed by atoms with E-state index in [0.29, 0.717) is 28.9 Å². The maximum atomic E-state index is 13.2. The molecule has 7 heteroatoms. The standard InChI is InChI=1S/C24H23N3O3S/c1-15-10-16(2)23(17(3)11-15)31(29,30)21-7-4-18(5-8-21)6-9-22(28)19-12-20-14-26-27-24(20)25-13-19/h4-5,7-8,10-14H,6,9H2,1-3H3,(H,25,26,27). The van der Waals surface area contributed by atoms with Gasteiger partial charge in [-0.25, -0.2) is 13.4 Å². The van der Waals surface area contributed by atoms with Crippen molar-refractivity contribution in [3.05, 3.63) is 82.7 Å². The molecule has 4 rings (SSSR count). The Bertz CT molecular complexity index is 1360. The van der Waals surface area contributed by atoms with Crippen molar-refractivity contribution in [3.63, 3.8) is 0 Å². The molecule has 0 saturated heterocycles. The molecule has 0 aliphatic heterocycles. The van der Waals surface area contributed by atoms with E-state index in [1.807, 2.05) is 32.9 Å². The zero-order valence-electron chi connectivity index (χ0n) is 17.6. The minimum atomic E-state index is -3.61. The van der Waals surface area contributed by atoms with Gasteiger partial charge >= 0.3 is 0 Å². The largest absolute Gasteiger partial charge is 0.294 e.